The molecule has 2 aromatic carbocycles. The summed E-state index contributed by atoms with van der Waals surface area (Å²) in [6, 6.07) is 16.5. The van der Waals surface area contributed by atoms with Crippen LogP contribution in [0.2, 0.25) is 5.02 Å². The molecule has 0 aliphatic carbocycles. The second-order valence-electron chi connectivity index (χ2n) is 4.23. The highest BCUT2D eigenvalue weighted by molar-refractivity contribution is 14.1. The lowest BCUT2D eigenvalue weighted by atomic mass is 9.94. The fraction of sp³-hybridized carbons (Fsp3) is 0.200. The third-order valence-corrected chi connectivity index (χ3v) is 4.27. The minimum absolute atomic E-state index is 0.337. The molecule has 0 heterocycles. The first kappa shape index (κ1) is 14.2. The van der Waals surface area contributed by atoms with Gasteiger partial charge in [0.05, 0.1) is 0 Å². The maximum Gasteiger partial charge on any atom is 0.0406 e. The van der Waals surface area contributed by atoms with Crippen LogP contribution in [0, 0.1) is 3.57 Å². The van der Waals surface area contributed by atoms with Gasteiger partial charge in [-0.15, -0.1) is 11.6 Å². The van der Waals surface area contributed by atoms with Crippen LogP contribution in [-0.4, -0.2) is 5.88 Å². The Labute approximate surface area is 131 Å². The molecule has 0 radical (unpaired) electrons. The zero-order chi connectivity index (χ0) is 13.0. The van der Waals surface area contributed by atoms with E-state index in [4.69, 9.17) is 23.2 Å². The molecule has 3 heteroatoms. The quantitative estimate of drug-likeness (QED) is 0.477. The van der Waals surface area contributed by atoms with E-state index >= 15 is 0 Å². The van der Waals surface area contributed by atoms with Crippen LogP contribution >= 0.6 is 45.8 Å². The van der Waals surface area contributed by atoms with Crippen LogP contribution in [0.3, 0.4) is 0 Å². The lowest BCUT2D eigenvalue weighted by Gasteiger charge is -2.14. The van der Waals surface area contributed by atoms with Crippen molar-refractivity contribution in [2.45, 2.75) is 12.3 Å². The summed E-state index contributed by atoms with van der Waals surface area (Å²) in [5.74, 6) is 0.956. The molecule has 18 heavy (non-hydrogen) atoms. The molecule has 0 aliphatic heterocycles. The van der Waals surface area contributed by atoms with Gasteiger partial charge in [-0.05, 0) is 64.4 Å². The van der Waals surface area contributed by atoms with E-state index in [2.05, 4.69) is 59.0 Å². The minimum Gasteiger partial charge on any atom is -0.126 e. The standard InChI is InChI=1S/C15H13Cl2I/c16-10-13(12-3-5-14(17)6-4-12)9-11-1-7-15(18)8-2-11/h1-8,13H,9-10H2. The van der Waals surface area contributed by atoms with E-state index in [0.29, 0.717) is 11.8 Å². The van der Waals surface area contributed by atoms with Crippen molar-refractivity contribution in [3.05, 3.63) is 68.3 Å². The van der Waals surface area contributed by atoms with Crippen molar-refractivity contribution in [3.63, 3.8) is 0 Å². The predicted molar refractivity (Wildman–Crippen MR) is 87.8 cm³/mol. The summed E-state index contributed by atoms with van der Waals surface area (Å²) in [4.78, 5) is 0. The molecule has 0 aromatic heterocycles. The predicted octanol–water partition coefficient (Wildman–Crippen LogP) is 5.51. The fourth-order valence-corrected chi connectivity index (χ4v) is 2.67. The van der Waals surface area contributed by atoms with Crippen LogP contribution < -0.4 is 0 Å². The van der Waals surface area contributed by atoms with Gasteiger partial charge < -0.3 is 0 Å². The van der Waals surface area contributed by atoms with Crippen molar-refractivity contribution < 1.29 is 0 Å². The molecule has 1 unspecified atom stereocenters. The van der Waals surface area contributed by atoms with E-state index in [1.165, 1.54) is 14.7 Å². The summed E-state index contributed by atoms with van der Waals surface area (Å²) in [6.45, 7) is 0. The smallest absolute Gasteiger partial charge is 0.0406 e. The van der Waals surface area contributed by atoms with Crippen molar-refractivity contribution in [1.29, 1.82) is 0 Å². The van der Waals surface area contributed by atoms with Crippen LogP contribution in [0.1, 0.15) is 17.0 Å². The van der Waals surface area contributed by atoms with Gasteiger partial charge in [0.2, 0.25) is 0 Å². The third kappa shape index (κ3) is 3.87. The monoisotopic (exact) mass is 390 g/mol. The summed E-state index contributed by atoms with van der Waals surface area (Å²) >= 11 is 14.3. The molecule has 0 spiro atoms. The zero-order valence-electron chi connectivity index (χ0n) is 9.74. The molecular formula is C15H13Cl2I. The molecular weight excluding hydrogens is 378 g/mol. The highest BCUT2D eigenvalue weighted by Crippen LogP contribution is 2.24. The van der Waals surface area contributed by atoms with Gasteiger partial charge in [0.15, 0.2) is 0 Å². The van der Waals surface area contributed by atoms with Gasteiger partial charge in [0.25, 0.3) is 0 Å². The number of hydrogen-bond acceptors (Lipinski definition) is 0. The number of benzene rings is 2. The van der Waals surface area contributed by atoms with E-state index in [1.54, 1.807) is 0 Å². The average molecular weight is 391 g/mol. The van der Waals surface area contributed by atoms with E-state index < -0.39 is 0 Å². The second kappa shape index (κ2) is 6.78. The average Bonchev–Trinajstić information content (AvgIpc) is 2.39. The Hall–Kier alpha value is -0.250. The normalized spacial score (nSPS) is 12.4. The number of halogens is 3. The molecule has 0 saturated carbocycles. The van der Waals surface area contributed by atoms with Crippen molar-refractivity contribution in [3.8, 4) is 0 Å². The molecule has 94 valence electrons. The molecule has 0 fully saturated rings. The number of hydrogen-bond donors (Lipinski definition) is 0. The van der Waals surface area contributed by atoms with Gasteiger partial charge in [-0.1, -0.05) is 35.9 Å². The van der Waals surface area contributed by atoms with Crippen molar-refractivity contribution >= 4 is 45.8 Å². The maximum atomic E-state index is 6.09. The Morgan fingerprint density at radius 2 is 1.56 bits per heavy atom. The third-order valence-electron chi connectivity index (χ3n) is 2.92. The van der Waals surface area contributed by atoms with Crippen LogP contribution in [0.5, 0.6) is 0 Å². The Morgan fingerprint density at radius 3 is 2.11 bits per heavy atom. The van der Waals surface area contributed by atoms with Gasteiger partial charge in [-0.3, -0.25) is 0 Å². The molecule has 0 N–H and O–H groups in total. The Bertz CT molecular complexity index is 491. The molecule has 0 bridgehead atoms. The summed E-state index contributed by atoms with van der Waals surface area (Å²) in [5.41, 5.74) is 2.56. The van der Waals surface area contributed by atoms with Gasteiger partial charge in [0.1, 0.15) is 0 Å². The van der Waals surface area contributed by atoms with E-state index in [1.807, 2.05) is 12.1 Å². The first-order chi connectivity index (χ1) is 8.69. The Morgan fingerprint density at radius 1 is 0.944 bits per heavy atom. The van der Waals surface area contributed by atoms with E-state index in [0.717, 1.165) is 11.4 Å². The summed E-state index contributed by atoms with van der Waals surface area (Å²) < 4.78 is 1.25. The SMILES string of the molecule is ClCC(Cc1ccc(I)cc1)c1ccc(Cl)cc1. The minimum atomic E-state index is 0.337. The van der Waals surface area contributed by atoms with Gasteiger partial charge in [-0.25, -0.2) is 0 Å². The van der Waals surface area contributed by atoms with Crippen LogP contribution in [0.4, 0.5) is 0 Å². The first-order valence-corrected chi connectivity index (χ1v) is 7.74. The molecule has 0 nitrogen and oxygen atoms in total. The highest BCUT2D eigenvalue weighted by atomic mass is 127. The molecule has 0 amide bonds. The number of rotatable bonds is 4. The van der Waals surface area contributed by atoms with Gasteiger partial charge >= 0.3 is 0 Å². The lowest BCUT2D eigenvalue weighted by molar-refractivity contribution is 0.766. The highest BCUT2D eigenvalue weighted by Gasteiger charge is 2.11. The van der Waals surface area contributed by atoms with Crippen molar-refractivity contribution in [1.82, 2.24) is 0 Å². The summed E-state index contributed by atoms with van der Waals surface area (Å²) in [6.07, 6.45) is 0.960. The first-order valence-electron chi connectivity index (χ1n) is 5.75. The molecule has 2 rings (SSSR count). The largest absolute Gasteiger partial charge is 0.126 e. The van der Waals surface area contributed by atoms with Crippen LogP contribution in [0.15, 0.2) is 48.5 Å². The topological polar surface area (TPSA) is 0 Å². The molecule has 2 aromatic rings. The van der Waals surface area contributed by atoms with Gasteiger partial charge in [0, 0.05) is 20.4 Å². The molecule has 0 saturated heterocycles. The summed E-state index contributed by atoms with van der Waals surface area (Å²) in [7, 11) is 0. The van der Waals surface area contributed by atoms with Crippen molar-refractivity contribution in [2.75, 3.05) is 5.88 Å². The fourth-order valence-electron chi connectivity index (χ4n) is 1.90. The molecule has 0 aliphatic rings. The Kier molecular flexibility index (Phi) is 5.34. The number of alkyl halides is 1. The second-order valence-corrected chi connectivity index (χ2v) is 6.22. The Balaban J connectivity index is 2.14. The van der Waals surface area contributed by atoms with E-state index in [9.17, 15) is 0 Å². The van der Waals surface area contributed by atoms with Crippen LogP contribution in [0.25, 0.3) is 0 Å². The van der Waals surface area contributed by atoms with Gasteiger partial charge in [-0.2, -0.15) is 0 Å². The summed E-state index contributed by atoms with van der Waals surface area (Å²) in [5, 5.41) is 0.765. The van der Waals surface area contributed by atoms with Crippen LogP contribution in [-0.2, 0) is 6.42 Å². The lowest BCUT2D eigenvalue weighted by Crippen LogP contribution is -2.04. The maximum absolute atomic E-state index is 6.09. The molecule has 1 atom stereocenters. The zero-order valence-corrected chi connectivity index (χ0v) is 13.4. The van der Waals surface area contributed by atoms with E-state index in [-0.39, 0.29) is 0 Å². The van der Waals surface area contributed by atoms with Crippen molar-refractivity contribution in [2.24, 2.45) is 0 Å².